The summed E-state index contributed by atoms with van der Waals surface area (Å²) >= 11 is 0. The topological polar surface area (TPSA) is 78.9 Å². The van der Waals surface area contributed by atoms with Gasteiger partial charge in [-0.3, -0.25) is 9.98 Å². The van der Waals surface area contributed by atoms with Crippen LogP contribution >= 0.6 is 24.0 Å². The van der Waals surface area contributed by atoms with Gasteiger partial charge in [0.1, 0.15) is 5.60 Å². The molecule has 7 nitrogen and oxygen atoms in total. The Morgan fingerprint density at radius 2 is 2.20 bits per heavy atom. The van der Waals surface area contributed by atoms with Crippen molar-refractivity contribution in [2.75, 3.05) is 20.1 Å². The summed E-state index contributed by atoms with van der Waals surface area (Å²) in [6.45, 7) is 7.74. The third-order valence-electron chi connectivity index (χ3n) is 3.57. The number of carbonyl (C=O) groups excluding carboxylic acids is 1. The first-order chi connectivity index (χ1) is 11.4. The van der Waals surface area contributed by atoms with E-state index >= 15 is 0 Å². The molecule has 2 N–H and O–H groups in total. The van der Waals surface area contributed by atoms with Gasteiger partial charge in [-0.25, -0.2) is 4.79 Å². The van der Waals surface area contributed by atoms with Crippen LogP contribution in [0.15, 0.2) is 29.4 Å². The van der Waals surface area contributed by atoms with Crippen molar-refractivity contribution >= 4 is 36.0 Å². The molecule has 1 fully saturated rings. The van der Waals surface area contributed by atoms with Crippen LogP contribution in [0.1, 0.15) is 32.9 Å². The van der Waals surface area contributed by atoms with Crippen molar-refractivity contribution in [1.82, 2.24) is 20.5 Å². The number of rotatable bonds is 3. The summed E-state index contributed by atoms with van der Waals surface area (Å²) in [6.07, 6.45) is 2.27. The van der Waals surface area contributed by atoms with Crippen LogP contribution in [0.3, 0.4) is 0 Å². The van der Waals surface area contributed by atoms with Gasteiger partial charge in [0.05, 0.1) is 18.3 Å². The van der Waals surface area contributed by atoms with E-state index in [1.165, 1.54) is 0 Å². The molecule has 2 heterocycles. The number of pyridine rings is 1. The Labute approximate surface area is 166 Å². The second kappa shape index (κ2) is 9.79. The maximum Gasteiger partial charge on any atom is 0.407 e. The van der Waals surface area contributed by atoms with Crippen molar-refractivity contribution in [3.63, 3.8) is 0 Å². The lowest BCUT2D eigenvalue weighted by Gasteiger charge is -2.23. The number of amides is 1. The van der Waals surface area contributed by atoms with Crippen LogP contribution in [-0.4, -0.2) is 53.7 Å². The van der Waals surface area contributed by atoms with Gasteiger partial charge < -0.3 is 20.3 Å². The van der Waals surface area contributed by atoms with Gasteiger partial charge in [0.25, 0.3) is 0 Å². The average Bonchev–Trinajstić information content (AvgIpc) is 2.95. The largest absolute Gasteiger partial charge is 0.444 e. The van der Waals surface area contributed by atoms with Gasteiger partial charge in [-0.2, -0.15) is 0 Å². The predicted molar refractivity (Wildman–Crippen MR) is 109 cm³/mol. The van der Waals surface area contributed by atoms with Gasteiger partial charge in [-0.05, 0) is 39.3 Å². The lowest BCUT2D eigenvalue weighted by Crippen LogP contribution is -2.44. The highest BCUT2D eigenvalue weighted by molar-refractivity contribution is 14.0. The Kier molecular flexibility index (Phi) is 8.40. The summed E-state index contributed by atoms with van der Waals surface area (Å²) < 4.78 is 5.30. The van der Waals surface area contributed by atoms with E-state index in [4.69, 9.17) is 4.74 Å². The van der Waals surface area contributed by atoms with E-state index in [1.807, 2.05) is 39.0 Å². The number of hydrogen-bond acceptors (Lipinski definition) is 4. The zero-order valence-corrected chi connectivity index (χ0v) is 17.6. The molecule has 8 heteroatoms. The van der Waals surface area contributed by atoms with Crippen molar-refractivity contribution in [2.24, 2.45) is 4.99 Å². The SMILES string of the molecule is CN=C(NCc1ccccn1)N1CCC(NC(=O)OC(C)(C)C)C1.I. The summed E-state index contributed by atoms with van der Waals surface area (Å²) in [5, 5.41) is 6.23. The minimum atomic E-state index is -0.483. The molecule has 25 heavy (non-hydrogen) atoms. The smallest absolute Gasteiger partial charge is 0.407 e. The highest BCUT2D eigenvalue weighted by Crippen LogP contribution is 2.12. The summed E-state index contributed by atoms with van der Waals surface area (Å²) in [5.74, 6) is 0.814. The first-order valence-corrected chi connectivity index (χ1v) is 8.22. The maximum atomic E-state index is 11.9. The van der Waals surface area contributed by atoms with Gasteiger partial charge >= 0.3 is 6.09 Å². The summed E-state index contributed by atoms with van der Waals surface area (Å²) in [6, 6.07) is 5.89. The van der Waals surface area contributed by atoms with Crippen LogP contribution in [0.4, 0.5) is 4.79 Å². The minimum Gasteiger partial charge on any atom is -0.444 e. The van der Waals surface area contributed by atoms with Crippen LogP contribution in [-0.2, 0) is 11.3 Å². The van der Waals surface area contributed by atoms with E-state index in [-0.39, 0.29) is 36.1 Å². The Balaban J connectivity index is 0.00000312. The van der Waals surface area contributed by atoms with Gasteiger partial charge in [-0.15, -0.1) is 24.0 Å². The quantitative estimate of drug-likeness (QED) is 0.411. The molecule has 1 aliphatic rings. The molecule has 0 bridgehead atoms. The van der Waals surface area contributed by atoms with E-state index in [0.29, 0.717) is 13.1 Å². The number of alkyl carbamates (subject to hydrolysis) is 1. The molecule has 2 rings (SSSR count). The first kappa shape index (κ1) is 21.5. The van der Waals surface area contributed by atoms with Crippen LogP contribution in [0, 0.1) is 0 Å². The molecular weight excluding hydrogens is 433 g/mol. The molecule has 1 aromatic rings. The van der Waals surface area contributed by atoms with Crippen LogP contribution in [0.2, 0.25) is 0 Å². The fourth-order valence-electron chi connectivity index (χ4n) is 2.55. The maximum absolute atomic E-state index is 11.9. The molecule has 140 valence electrons. The zero-order chi connectivity index (χ0) is 17.6. The van der Waals surface area contributed by atoms with Crippen LogP contribution in [0.25, 0.3) is 0 Å². The molecule has 0 saturated carbocycles. The first-order valence-electron chi connectivity index (χ1n) is 8.22. The zero-order valence-electron chi connectivity index (χ0n) is 15.3. The Hall–Kier alpha value is -1.58. The number of nitrogens with one attached hydrogen (secondary N) is 2. The van der Waals surface area contributed by atoms with E-state index in [9.17, 15) is 4.79 Å². The number of aromatic nitrogens is 1. The Bertz CT molecular complexity index is 574. The highest BCUT2D eigenvalue weighted by Gasteiger charge is 2.27. The van der Waals surface area contributed by atoms with Gasteiger partial charge in [0.2, 0.25) is 0 Å². The third-order valence-corrected chi connectivity index (χ3v) is 3.57. The number of carbonyl (C=O) groups is 1. The van der Waals surface area contributed by atoms with Crippen molar-refractivity contribution < 1.29 is 9.53 Å². The number of likely N-dealkylation sites (tertiary alicyclic amines) is 1. The fraction of sp³-hybridized carbons (Fsp3) is 0.588. The van der Waals surface area contributed by atoms with Crippen molar-refractivity contribution in [1.29, 1.82) is 0 Å². The Morgan fingerprint density at radius 1 is 1.44 bits per heavy atom. The molecule has 1 saturated heterocycles. The highest BCUT2D eigenvalue weighted by atomic mass is 127. The second-order valence-corrected chi connectivity index (χ2v) is 6.80. The number of halogens is 1. The Morgan fingerprint density at radius 3 is 2.80 bits per heavy atom. The molecule has 1 unspecified atom stereocenters. The molecule has 1 amide bonds. The molecule has 1 atom stereocenters. The molecule has 1 aliphatic heterocycles. The number of hydrogen-bond donors (Lipinski definition) is 2. The molecule has 0 aliphatic carbocycles. The van der Waals surface area contributed by atoms with Crippen molar-refractivity contribution in [2.45, 2.75) is 45.4 Å². The summed E-state index contributed by atoms with van der Waals surface area (Å²) in [7, 11) is 1.76. The van der Waals surface area contributed by atoms with E-state index in [1.54, 1.807) is 13.2 Å². The van der Waals surface area contributed by atoms with Crippen LogP contribution < -0.4 is 10.6 Å². The van der Waals surface area contributed by atoms with E-state index in [0.717, 1.165) is 24.6 Å². The number of nitrogens with zero attached hydrogens (tertiary/aromatic N) is 3. The summed E-state index contributed by atoms with van der Waals surface area (Å²) in [5.41, 5.74) is 0.476. The number of guanidine groups is 1. The van der Waals surface area contributed by atoms with Gasteiger partial charge in [0.15, 0.2) is 5.96 Å². The third kappa shape index (κ3) is 7.45. The van der Waals surface area contributed by atoms with Crippen molar-refractivity contribution in [3.8, 4) is 0 Å². The number of aliphatic imine (C=N–C) groups is 1. The molecular formula is C17H28IN5O2. The lowest BCUT2D eigenvalue weighted by molar-refractivity contribution is 0.0507. The average molecular weight is 461 g/mol. The monoisotopic (exact) mass is 461 g/mol. The fourth-order valence-corrected chi connectivity index (χ4v) is 2.55. The molecule has 0 spiro atoms. The predicted octanol–water partition coefficient (Wildman–Crippen LogP) is 2.37. The normalized spacial score (nSPS) is 17.7. The van der Waals surface area contributed by atoms with Gasteiger partial charge in [-0.1, -0.05) is 6.07 Å². The van der Waals surface area contributed by atoms with E-state index in [2.05, 4.69) is 25.5 Å². The van der Waals surface area contributed by atoms with Crippen LogP contribution in [0.5, 0.6) is 0 Å². The summed E-state index contributed by atoms with van der Waals surface area (Å²) in [4.78, 5) is 22.6. The molecule has 0 aromatic carbocycles. The van der Waals surface area contributed by atoms with Gasteiger partial charge in [0, 0.05) is 26.3 Å². The van der Waals surface area contributed by atoms with Crippen molar-refractivity contribution in [3.05, 3.63) is 30.1 Å². The minimum absolute atomic E-state index is 0. The molecule has 1 aromatic heterocycles. The molecule has 0 radical (unpaired) electrons. The number of ether oxygens (including phenoxy) is 1. The van der Waals surface area contributed by atoms with E-state index < -0.39 is 5.60 Å². The lowest BCUT2D eigenvalue weighted by atomic mass is 10.2. The second-order valence-electron chi connectivity index (χ2n) is 6.80. The standard InChI is InChI=1S/C17H27N5O2.HI/c1-17(2,3)24-16(23)21-14-8-10-22(12-14)15(18-4)20-11-13-7-5-6-9-19-13;/h5-7,9,14H,8,10-12H2,1-4H3,(H,18,20)(H,21,23);1H.